The maximum atomic E-state index is 11.7. The molecule has 0 aliphatic carbocycles. The lowest BCUT2D eigenvalue weighted by Crippen LogP contribution is -2.49. The molecule has 1 aliphatic rings. The van der Waals surface area contributed by atoms with Gasteiger partial charge in [0.1, 0.15) is 11.9 Å². The van der Waals surface area contributed by atoms with Crippen LogP contribution in [0.5, 0.6) is 0 Å². The van der Waals surface area contributed by atoms with Gasteiger partial charge in [0.2, 0.25) is 5.91 Å². The number of hydrogen-bond acceptors (Lipinski definition) is 4. The maximum absolute atomic E-state index is 11.7. The molecule has 1 amide bonds. The molecule has 90 valence electrons. The van der Waals surface area contributed by atoms with Gasteiger partial charge in [-0.2, -0.15) is 5.10 Å². The Morgan fingerprint density at radius 2 is 2.56 bits per heavy atom. The zero-order valence-corrected chi connectivity index (χ0v) is 9.79. The molecule has 0 bridgehead atoms. The van der Waals surface area contributed by atoms with E-state index in [2.05, 4.69) is 15.7 Å². The Morgan fingerprint density at radius 3 is 3.12 bits per heavy atom. The van der Waals surface area contributed by atoms with Gasteiger partial charge < -0.3 is 15.4 Å². The first kappa shape index (κ1) is 13.0. The highest BCUT2D eigenvalue weighted by molar-refractivity contribution is 5.94. The van der Waals surface area contributed by atoms with Gasteiger partial charge in [0.15, 0.2) is 0 Å². The summed E-state index contributed by atoms with van der Waals surface area (Å²) in [4.78, 5) is 11.7. The third kappa shape index (κ3) is 2.94. The number of carbonyl (C=O) groups excluding carboxylic acids is 1. The van der Waals surface area contributed by atoms with Crippen LogP contribution in [-0.2, 0) is 16.6 Å². The third-order valence-electron chi connectivity index (χ3n) is 2.31. The number of rotatable bonds is 2. The van der Waals surface area contributed by atoms with Crippen LogP contribution < -0.4 is 10.6 Å². The number of ether oxygens (including phenoxy) is 1. The van der Waals surface area contributed by atoms with E-state index in [0.717, 1.165) is 0 Å². The Bertz CT molecular complexity index is 349. The summed E-state index contributed by atoms with van der Waals surface area (Å²) in [5, 5.41) is 9.83. The summed E-state index contributed by atoms with van der Waals surface area (Å²) in [6, 6.07) is 1.48. The molecule has 1 unspecified atom stereocenters. The fraction of sp³-hybridized carbons (Fsp3) is 0.556. The molecule has 1 aromatic rings. The van der Waals surface area contributed by atoms with Gasteiger partial charge in [-0.05, 0) is 0 Å². The first-order chi connectivity index (χ1) is 7.27. The van der Waals surface area contributed by atoms with Crippen molar-refractivity contribution in [2.24, 2.45) is 7.05 Å². The first-order valence-electron chi connectivity index (χ1n) is 4.87. The minimum Gasteiger partial charge on any atom is -0.378 e. The number of nitrogens with one attached hydrogen (secondary N) is 2. The summed E-state index contributed by atoms with van der Waals surface area (Å²) in [6.07, 6.45) is 1.64. The van der Waals surface area contributed by atoms with Crippen molar-refractivity contribution in [1.82, 2.24) is 15.1 Å². The van der Waals surface area contributed by atoms with Crippen LogP contribution in [0.2, 0.25) is 0 Å². The third-order valence-corrected chi connectivity index (χ3v) is 2.31. The highest BCUT2D eigenvalue weighted by atomic mass is 35.5. The van der Waals surface area contributed by atoms with Gasteiger partial charge in [-0.3, -0.25) is 9.48 Å². The predicted octanol–water partition coefficient (Wildman–Crippen LogP) is -0.231. The second-order valence-corrected chi connectivity index (χ2v) is 3.41. The van der Waals surface area contributed by atoms with E-state index in [-0.39, 0.29) is 24.4 Å². The van der Waals surface area contributed by atoms with E-state index in [0.29, 0.717) is 25.6 Å². The van der Waals surface area contributed by atoms with Gasteiger partial charge in [0.25, 0.3) is 0 Å². The lowest BCUT2D eigenvalue weighted by Gasteiger charge is -2.22. The molecular formula is C9H15ClN4O2. The zero-order chi connectivity index (χ0) is 10.7. The van der Waals surface area contributed by atoms with E-state index in [1.807, 2.05) is 0 Å². The summed E-state index contributed by atoms with van der Waals surface area (Å²) < 4.78 is 6.82. The van der Waals surface area contributed by atoms with Crippen LogP contribution in [0.1, 0.15) is 0 Å². The minimum absolute atomic E-state index is 0. The molecular weight excluding hydrogens is 232 g/mol. The van der Waals surface area contributed by atoms with Crippen molar-refractivity contribution in [1.29, 1.82) is 0 Å². The molecule has 1 fully saturated rings. The van der Waals surface area contributed by atoms with Crippen LogP contribution in [0, 0.1) is 0 Å². The molecule has 2 rings (SSSR count). The Hall–Kier alpha value is -1.11. The molecule has 0 radical (unpaired) electrons. The van der Waals surface area contributed by atoms with Gasteiger partial charge >= 0.3 is 0 Å². The number of aryl methyl sites for hydroxylation is 1. The SMILES string of the molecule is Cl.Cn1nccc1NC(=O)C1COCCN1. The molecule has 1 atom stereocenters. The van der Waals surface area contributed by atoms with E-state index in [1.165, 1.54) is 0 Å². The van der Waals surface area contributed by atoms with Gasteiger partial charge in [-0.15, -0.1) is 12.4 Å². The highest BCUT2D eigenvalue weighted by Crippen LogP contribution is 2.04. The number of aromatic nitrogens is 2. The maximum Gasteiger partial charge on any atom is 0.245 e. The fourth-order valence-corrected chi connectivity index (χ4v) is 1.44. The van der Waals surface area contributed by atoms with Crippen LogP contribution in [-0.4, -0.2) is 41.5 Å². The highest BCUT2D eigenvalue weighted by Gasteiger charge is 2.21. The van der Waals surface area contributed by atoms with Crippen molar-refractivity contribution in [2.75, 3.05) is 25.1 Å². The van der Waals surface area contributed by atoms with Gasteiger partial charge in [0, 0.05) is 19.7 Å². The standard InChI is InChI=1S/C9H14N4O2.ClH/c1-13-8(2-3-11-13)12-9(14)7-6-15-5-4-10-7;/h2-3,7,10H,4-6H2,1H3,(H,12,14);1H. The lowest BCUT2D eigenvalue weighted by molar-refractivity contribution is -0.120. The normalized spacial score (nSPS) is 19.9. The summed E-state index contributed by atoms with van der Waals surface area (Å²) >= 11 is 0. The number of anilines is 1. The monoisotopic (exact) mass is 246 g/mol. The number of halogens is 1. The Kier molecular flexibility index (Phi) is 4.72. The van der Waals surface area contributed by atoms with E-state index in [9.17, 15) is 4.79 Å². The number of nitrogens with zero attached hydrogens (tertiary/aromatic N) is 2. The largest absolute Gasteiger partial charge is 0.378 e. The van der Waals surface area contributed by atoms with Crippen molar-refractivity contribution < 1.29 is 9.53 Å². The van der Waals surface area contributed by atoms with E-state index in [4.69, 9.17) is 4.74 Å². The zero-order valence-electron chi connectivity index (χ0n) is 8.97. The Labute approximate surface area is 99.8 Å². The smallest absolute Gasteiger partial charge is 0.245 e. The topological polar surface area (TPSA) is 68.2 Å². The van der Waals surface area contributed by atoms with Gasteiger partial charge in [-0.25, -0.2) is 0 Å². The fourth-order valence-electron chi connectivity index (χ4n) is 1.44. The quantitative estimate of drug-likeness (QED) is 0.757. The Morgan fingerprint density at radius 1 is 1.75 bits per heavy atom. The molecule has 1 aromatic heterocycles. The van der Waals surface area contributed by atoms with Gasteiger partial charge in [0.05, 0.1) is 19.4 Å². The number of hydrogen-bond donors (Lipinski definition) is 2. The van der Waals surface area contributed by atoms with Crippen LogP contribution in [0.25, 0.3) is 0 Å². The van der Waals surface area contributed by atoms with Crippen LogP contribution in [0.15, 0.2) is 12.3 Å². The second-order valence-electron chi connectivity index (χ2n) is 3.41. The molecule has 2 N–H and O–H groups in total. The van der Waals surface area contributed by atoms with Crippen LogP contribution in [0.3, 0.4) is 0 Å². The lowest BCUT2D eigenvalue weighted by atomic mass is 10.2. The summed E-state index contributed by atoms with van der Waals surface area (Å²) in [5.41, 5.74) is 0. The van der Waals surface area contributed by atoms with Crippen molar-refractivity contribution in [3.05, 3.63) is 12.3 Å². The van der Waals surface area contributed by atoms with E-state index in [1.54, 1.807) is 24.0 Å². The molecule has 1 aliphatic heterocycles. The molecule has 0 spiro atoms. The molecule has 1 saturated heterocycles. The summed E-state index contributed by atoms with van der Waals surface area (Å²) in [6.45, 7) is 1.79. The van der Waals surface area contributed by atoms with Crippen molar-refractivity contribution in [3.8, 4) is 0 Å². The van der Waals surface area contributed by atoms with Crippen molar-refractivity contribution in [3.63, 3.8) is 0 Å². The minimum atomic E-state index is -0.270. The van der Waals surface area contributed by atoms with Crippen LogP contribution >= 0.6 is 12.4 Å². The summed E-state index contributed by atoms with van der Waals surface area (Å²) in [7, 11) is 1.78. The second kappa shape index (κ2) is 5.83. The number of carbonyl (C=O) groups is 1. The molecule has 0 saturated carbocycles. The van der Waals surface area contributed by atoms with E-state index >= 15 is 0 Å². The van der Waals surface area contributed by atoms with Crippen LogP contribution in [0.4, 0.5) is 5.82 Å². The number of amides is 1. The van der Waals surface area contributed by atoms with Crippen molar-refractivity contribution >= 4 is 24.1 Å². The summed E-state index contributed by atoms with van der Waals surface area (Å²) in [5.74, 6) is 0.602. The molecule has 0 aromatic carbocycles. The van der Waals surface area contributed by atoms with E-state index < -0.39 is 0 Å². The molecule has 6 nitrogen and oxygen atoms in total. The number of morpholine rings is 1. The van der Waals surface area contributed by atoms with Crippen molar-refractivity contribution in [2.45, 2.75) is 6.04 Å². The molecule has 2 heterocycles. The van der Waals surface area contributed by atoms with Gasteiger partial charge in [-0.1, -0.05) is 0 Å². The first-order valence-corrected chi connectivity index (χ1v) is 4.87. The Balaban J connectivity index is 0.00000128. The average Bonchev–Trinajstić information content (AvgIpc) is 2.66. The molecule has 16 heavy (non-hydrogen) atoms. The average molecular weight is 247 g/mol. The molecule has 7 heteroatoms. The predicted molar refractivity (Wildman–Crippen MR) is 61.7 cm³/mol.